The molecule has 3 aromatic rings. The third-order valence-electron chi connectivity index (χ3n) is 3.58. The van der Waals surface area contributed by atoms with Crippen LogP contribution in [0.3, 0.4) is 0 Å². The van der Waals surface area contributed by atoms with Gasteiger partial charge in [-0.15, -0.1) is 4.91 Å². The van der Waals surface area contributed by atoms with E-state index in [-0.39, 0.29) is 11.6 Å². The molecular formula is C17H16N2O3. The molecule has 0 bridgehead atoms. The van der Waals surface area contributed by atoms with Crippen LogP contribution in [0.2, 0.25) is 0 Å². The molecule has 0 radical (unpaired) electrons. The van der Waals surface area contributed by atoms with Crippen LogP contribution in [0.15, 0.2) is 53.7 Å². The summed E-state index contributed by atoms with van der Waals surface area (Å²) in [6.07, 6.45) is 0. The Morgan fingerprint density at radius 2 is 2.00 bits per heavy atom. The predicted molar refractivity (Wildman–Crippen MR) is 85.7 cm³/mol. The molecule has 0 aliphatic carbocycles. The van der Waals surface area contributed by atoms with Crippen molar-refractivity contribution in [3.05, 3.63) is 59.0 Å². The fourth-order valence-corrected chi connectivity index (χ4v) is 2.55. The monoisotopic (exact) mass is 296 g/mol. The standard InChI is InChI=1S/C17H16N2O3/c1-12-5-4-6-13(11-12)22-10-9-19-15-8-3-2-7-14(15)16(18-21)17(19)20/h2-8,11,20H,9-10H2,1H3. The zero-order valence-electron chi connectivity index (χ0n) is 12.2. The van der Waals surface area contributed by atoms with Gasteiger partial charge in [0.1, 0.15) is 12.4 Å². The summed E-state index contributed by atoms with van der Waals surface area (Å²) in [5.74, 6) is 0.661. The van der Waals surface area contributed by atoms with Crippen LogP contribution in [0.5, 0.6) is 11.6 Å². The Hall–Kier alpha value is -2.82. The fraction of sp³-hybridized carbons (Fsp3) is 0.176. The van der Waals surface area contributed by atoms with Crippen LogP contribution in [0, 0.1) is 11.8 Å². The largest absolute Gasteiger partial charge is 0.493 e. The molecule has 0 aliphatic heterocycles. The minimum absolute atomic E-state index is 0.0751. The Morgan fingerprint density at radius 1 is 1.18 bits per heavy atom. The third-order valence-corrected chi connectivity index (χ3v) is 3.58. The first kappa shape index (κ1) is 14.1. The first-order chi connectivity index (χ1) is 10.7. The van der Waals surface area contributed by atoms with Crippen molar-refractivity contribution >= 4 is 16.6 Å². The van der Waals surface area contributed by atoms with Gasteiger partial charge in [-0.2, -0.15) is 0 Å². The van der Waals surface area contributed by atoms with Gasteiger partial charge in [-0.25, -0.2) is 0 Å². The molecule has 0 spiro atoms. The molecule has 2 aromatic carbocycles. The molecule has 0 atom stereocenters. The summed E-state index contributed by atoms with van der Waals surface area (Å²) in [6.45, 7) is 2.81. The maximum Gasteiger partial charge on any atom is 0.222 e. The van der Waals surface area contributed by atoms with Crippen molar-refractivity contribution in [2.45, 2.75) is 13.5 Å². The minimum atomic E-state index is -0.121. The molecule has 5 nitrogen and oxygen atoms in total. The first-order valence-electron chi connectivity index (χ1n) is 7.03. The highest BCUT2D eigenvalue weighted by atomic mass is 16.5. The lowest BCUT2D eigenvalue weighted by atomic mass is 10.2. The van der Waals surface area contributed by atoms with Crippen molar-refractivity contribution in [3.63, 3.8) is 0 Å². The van der Waals surface area contributed by atoms with Gasteiger partial charge in [-0.3, -0.25) is 0 Å². The van der Waals surface area contributed by atoms with E-state index in [0.29, 0.717) is 18.5 Å². The third kappa shape index (κ3) is 2.53. The SMILES string of the molecule is Cc1cccc(OCCn2c(O)c(N=O)c3ccccc32)c1. The lowest BCUT2D eigenvalue weighted by molar-refractivity contribution is 0.290. The van der Waals surface area contributed by atoms with Crippen LogP contribution in [-0.2, 0) is 6.54 Å². The number of aryl methyl sites for hydroxylation is 1. The van der Waals surface area contributed by atoms with Gasteiger partial charge in [0.2, 0.25) is 5.88 Å². The van der Waals surface area contributed by atoms with E-state index in [0.717, 1.165) is 16.8 Å². The van der Waals surface area contributed by atoms with Gasteiger partial charge >= 0.3 is 0 Å². The van der Waals surface area contributed by atoms with Crippen LogP contribution < -0.4 is 4.74 Å². The molecule has 22 heavy (non-hydrogen) atoms. The molecule has 112 valence electrons. The average Bonchev–Trinajstić information content (AvgIpc) is 2.79. The summed E-state index contributed by atoms with van der Waals surface area (Å²) < 4.78 is 7.34. The Morgan fingerprint density at radius 3 is 2.77 bits per heavy atom. The highest BCUT2D eigenvalue weighted by Gasteiger charge is 2.16. The van der Waals surface area contributed by atoms with E-state index in [4.69, 9.17) is 4.74 Å². The van der Waals surface area contributed by atoms with Gasteiger partial charge in [0.15, 0.2) is 5.69 Å². The van der Waals surface area contributed by atoms with E-state index in [1.54, 1.807) is 10.6 Å². The number of ether oxygens (including phenoxy) is 1. The van der Waals surface area contributed by atoms with Crippen molar-refractivity contribution in [3.8, 4) is 11.6 Å². The summed E-state index contributed by atoms with van der Waals surface area (Å²) in [7, 11) is 0. The number of hydrogen-bond acceptors (Lipinski definition) is 4. The molecular weight excluding hydrogens is 280 g/mol. The van der Waals surface area contributed by atoms with Crippen LogP contribution in [0.4, 0.5) is 5.69 Å². The maximum atomic E-state index is 10.9. The van der Waals surface area contributed by atoms with Crippen LogP contribution in [0.25, 0.3) is 10.9 Å². The Bertz CT molecular complexity index is 824. The van der Waals surface area contributed by atoms with Crippen molar-refractivity contribution < 1.29 is 9.84 Å². The second-order valence-electron chi connectivity index (χ2n) is 5.10. The second-order valence-corrected chi connectivity index (χ2v) is 5.10. The number of fused-ring (bicyclic) bond motifs is 1. The number of aromatic nitrogens is 1. The predicted octanol–water partition coefficient (Wildman–Crippen LogP) is 4.13. The van der Waals surface area contributed by atoms with Crippen molar-refractivity contribution in [2.24, 2.45) is 5.18 Å². The van der Waals surface area contributed by atoms with Gasteiger partial charge in [0, 0.05) is 5.39 Å². The normalized spacial score (nSPS) is 10.8. The zero-order valence-corrected chi connectivity index (χ0v) is 12.2. The van der Waals surface area contributed by atoms with Crippen molar-refractivity contribution in [2.75, 3.05) is 6.61 Å². The summed E-state index contributed by atoms with van der Waals surface area (Å²) in [5, 5.41) is 13.7. The molecule has 0 saturated carbocycles. The second kappa shape index (κ2) is 5.89. The van der Waals surface area contributed by atoms with E-state index >= 15 is 0 Å². The molecule has 0 saturated heterocycles. The van der Waals surface area contributed by atoms with Gasteiger partial charge in [0.05, 0.1) is 12.1 Å². The number of para-hydroxylation sites is 1. The van der Waals surface area contributed by atoms with E-state index < -0.39 is 0 Å². The number of rotatable bonds is 5. The van der Waals surface area contributed by atoms with Gasteiger partial charge in [-0.05, 0) is 35.9 Å². The zero-order chi connectivity index (χ0) is 15.5. The van der Waals surface area contributed by atoms with Crippen LogP contribution in [0.1, 0.15) is 5.56 Å². The summed E-state index contributed by atoms with van der Waals surface area (Å²) in [4.78, 5) is 10.9. The first-order valence-corrected chi connectivity index (χ1v) is 7.03. The number of hydrogen-bond donors (Lipinski definition) is 1. The molecule has 1 N–H and O–H groups in total. The van der Waals surface area contributed by atoms with E-state index in [1.807, 2.05) is 49.4 Å². The quantitative estimate of drug-likeness (QED) is 0.720. The summed E-state index contributed by atoms with van der Waals surface area (Å²) in [5.41, 5.74) is 1.97. The molecule has 0 fully saturated rings. The number of nitrogens with zero attached hydrogens (tertiary/aromatic N) is 2. The van der Waals surface area contributed by atoms with Crippen molar-refractivity contribution in [1.29, 1.82) is 0 Å². The Balaban J connectivity index is 1.82. The topological polar surface area (TPSA) is 63.8 Å². The van der Waals surface area contributed by atoms with Crippen molar-refractivity contribution in [1.82, 2.24) is 4.57 Å². The smallest absolute Gasteiger partial charge is 0.222 e. The van der Waals surface area contributed by atoms with E-state index in [2.05, 4.69) is 5.18 Å². The van der Waals surface area contributed by atoms with E-state index in [1.165, 1.54) is 0 Å². The molecule has 0 aliphatic rings. The summed E-state index contributed by atoms with van der Waals surface area (Å²) in [6, 6.07) is 15.0. The number of nitroso groups, excluding NO2 is 1. The molecule has 1 aromatic heterocycles. The number of benzene rings is 2. The Labute approximate surface area is 127 Å². The van der Waals surface area contributed by atoms with Gasteiger partial charge < -0.3 is 14.4 Å². The lowest BCUT2D eigenvalue weighted by Crippen LogP contribution is -2.07. The van der Waals surface area contributed by atoms with Crippen LogP contribution in [-0.4, -0.2) is 16.3 Å². The van der Waals surface area contributed by atoms with Gasteiger partial charge in [-0.1, -0.05) is 30.3 Å². The maximum absolute atomic E-state index is 10.9. The molecule has 1 heterocycles. The van der Waals surface area contributed by atoms with Crippen LogP contribution >= 0.6 is 0 Å². The highest BCUT2D eigenvalue weighted by molar-refractivity contribution is 5.95. The fourth-order valence-electron chi connectivity index (χ4n) is 2.55. The molecule has 0 amide bonds. The van der Waals surface area contributed by atoms with E-state index in [9.17, 15) is 10.0 Å². The molecule has 3 rings (SSSR count). The average molecular weight is 296 g/mol. The lowest BCUT2D eigenvalue weighted by Gasteiger charge is -2.09. The highest BCUT2D eigenvalue weighted by Crippen LogP contribution is 2.38. The number of aromatic hydroxyl groups is 1. The molecule has 5 heteroatoms. The minimum Gasteiger partial charge on any atom is -0.493 e. The molecule has 0 unspecified atom stereocenters. The Kier molecular flexibility index (Phi) is 3.78. The van der Waals surface area contributed by atoms with Gasteiger partial charge in [0.25, 0.3) is 0 Å². The summed E-state index contributed by atoms with van der Waals surface area (Å²) >= 11 is 0.